The van der Waals surface area contributed by atoms with Crippen molar-refractivity contribution in [3.05, 3.63) is 63.9 Å². The van der Waals surface area contributed by atoms with Crippen LogP contribution in [-0.2, 0) is 0 Å². The van der Waals surface area contributed by atoms with Crippen LogP contribution in [0.3, 0.4) is 0 Å². The van der Waals surface area contributed by atoms with E-state index in [0.717, 1.165) is 10.0 Å². The minimum absolute atomic E-state index is 0.132. The highest BCUT2D eigenvalue weighted by Crippen LogP contribution is 2.21. The van der Waals surface area contributed by atoms with Gasteiger partial charge in [-0.05, 0) is 48.9 Å². The highest BCUT2D eigenvalue weighted by molar-refractivity contribution is 9.10. The summed E-state index contributed by atoms with van der Waals surface area (Å²) in [6, 6.07) is 11.3. The lowest BCUT2D eigenvalue weighted by atomic mass is 10.1. The number of halogens is 2. The highest BCUT2D eigenvalue weighted by atomic mass is 79.9. The highest BCUT2D eigenvalue weighted by Gasteiger charge is 2.14. The van der Waals surface area contributed by atoms with Gasteiger partial charge in [-0.1, -0.05) is 22.0 Å². The second-order valence-electron chi connectivity index (χ2n) is 4.30. The summed E-state index contributed by atoms with van der Waals surface area (Å²) in [5, 5.41) is 0. The van der Waals surface area contributed by atoms with Gasteiger partial charge in [0.05, 0.1) is 0 Å². The van der Waals surface area contributed by atoms with Crippen molar-refractivity contribution in [3.8, 4) is 0 Å². The Balaban J connectivity index is 2.28. The number of anilines is 1. The van der Waals surface area contributed by atoms with Crippen LogP contribution >= 0.6 is 15.9 Å². The van der Waals surface area contributed by atoms with Gasteiger partial charge in [0, 0.05) is 22.8 Å². The average Bonchev–Trinajstić information content (AvgIpc) is 2.41. The Morgan fingerprint density at radius 2 is 1.79 bits per heavy atom. The van der Waals surface area contributed by atoms with Crippen LogP contribution in [0.4, 0.5) is 10.1 Å². The first-order valence-corrected chi connectivity index (χ1v) is 6.58. The van der Waals surface area contributed by atoms with E-state index in [2.05, 4.69) is 15.9 Å². The number of amides is 1. The van der Waals surface area contributed by atoms with E-state index in [-0.39, 0.29) is 11.7 Å². The first-order chi connectivity index (χ1) is 8.99. The van der Waals surface area contributed by atoms with E-state index in [9.17, 15) is 9.18 Å². The number of aryl methyl sites for hydroxylation is 1. The molecule has 0 aliphatic rings. The van der Waals surface area contributed by atoms with Gasteiger partial charge in [0.25, 0.3) is 5.91 Å². The molecule has 0 aromatic heterocycles. The number of rotatable bonds is 2. The molecule has 0 aliphatic heterocycles. The third-order valence-corrected chi connectivity index (χ3v) is 3.79. The van der Waals surface area contributed by atoms with Crippen molar-refractivity contribution in [2.45, 2.75) is 6.92 Å². The fraction of sp³-hybridized carbons (Fsp3) is 0.133. The topological polar surface area (TPSA) is 20.3 Å². The molecule has 19 heavy (non-hydrogen) atoms. The van der Waals surface area contributed by atoms with Crippen molar-refractivity contribution >= 4 is 27.5 Å². The molecule has 2 aromatic rings. The Bertz CT molecular complexity index is 610. The molecule has 0 fully saturated rings. The van der Waals surface area contributed by atoms with Gasteiger partial charge in [0.1, 0.15) is 5.82 Å². The van der Waals surface area contributed by atoms with Gasteiger partial charge in [0.2, 0.25) is 0 Å². The molecule has 0 heterocycles. The molecular weight excluding hydrogens is 309 g/mol. The minimum Gasteiger partial charge on any atom is -0.311 e. The summed E-state index contributed by atoms with van der Waals surface area (Å²) in [6.45, 7) is 1.96. The summed E-state index contributed by atoms with van der Waals surface area (Å²) in [6.07, 6.45) is 0. The summed E-state index contributed by atoms with van der Waals surface area (Å²) < 4.78 is 13.8. The van der Waals surface area contributed by atoms with Crippen molar-refractivity contribution < 1.29 is 9.18 Å². The van der Waals surface area contributed by atoms with E-state index in [4.69, 9.17) is 0 Å². The van der Waals surface area contributed by atoms with E-state index in [1.165, 1.54) is 17.0 Å². The number of hydrogen-bond donors (Lipinski definition) is 0. The van der Waals surface area contributed by atoms with E-state index in [1.54, 1.807) is 31.3 Å². The first-order valence-electron chi connectivity index (χ1n) is 5.79. The molecule has 98 valence electrons. The third kappa shape index (κ3) is 3.01. The van der Waals surface area contributed by atoms with Crippen molar-refractivity contribution in [1.29, 1.82) is 0 Å². The van der Waals surface area contributed by atoms with Crippen LogP contribution in [-0.4, -0.2) is 13.0 Å². The van der Waals surface area contributed by atoms with Crippen LogP contribution in [0.15, 0.2) is 46.9 Å². The Hall–Kier alpha value is -1.68. The third-order valence-electron chi connectivity index (χ3n) is 2.94. The lowest BCUT2D eigenvalue weighted by Gasteiger charge is -2.17. The number of carbonyl (C=O) groups is 1. The summed E-state index contributed by atoms with van der Waals surface area (Å²) >= 11 is 3.41. The van der Waals surface area contributed by atoms with E-state index < -0.39 is 0 Å². The fourth-order valence-corrected chi connectivity index (χ4v) is 2.08. The zero-order valence-electron chi connectivity index (χ0n) is 10.7. The van der Waals surface area contributed by atoms with Gasteiger partial charge in [-0.25, -0.2) is 4.39 Å². The maximum absolute atomic E-state index is 12.9. The van der Waals surface area contributed by atoms with Gasteiger partial charge < -0.3 is 4.90 Å². The maximum Gasteiger partial charge on any atom is 0.258 e. The average molecular weight is 322 g/mol. The van der Waals surface area contributed by atoms with Gasteiger partial charge in [-0.3, -0.25) is 4.79 Å². The van der Waals surface area contributed by atoms with Crippen LogP contribution in [0.25, 0.3) is 0 Å². The zero-order chi connectivity index (χ0) is 14.0. The van der Waals surface area contributed by atoms with Crippen LogP contribution in [0.2, 0.25) is 0 Å². The van der Waals surface area contributed by atoms with Gasteiger partial charge >= 0.3 is 0 Å². The Labute approximate surface area is 120 Å². The van der Waals surface area contributed by atoms with Gasteiger partial charge in [-0.15, -0.1) is 0 Å². The largest absolute Gasteiger partial charge is 0.311 e. The SMILES string of the molecule is Cc1ccc(C(=O)N(C)c2ccc(F)cc2)cc1Br. The molecule has 2 nitrogen and oxygen atoms in total. The molecule has 0 aliphatic carbocycles. The molecule has 0 bridgehead atoms. The van der Waals surface area contributed by atoms with Crippen molar-refractivity contribution in [1.82, 2.24) is 0 Å². The molecule has 0 atom stereocenters. The van der Waals surface area contributed by atoms with Crippen LogP contribution in [0, 0.1) is 12.7 Å². The van der Waals surface area contributed by atoms with Crippen molar-refractivity contribution in [2.24, 2.45) is 0 Å². The molecule has 2 aromatic carbocycles. The smallest absolute Gasteiger partial charge is 0.258 e. The monoisotopic (exact) mass is 321 g/mol. The summed E-state index contributed by atoms with van der Waals surface area (Å²) in [4.78, 5) is 13.8. The summed E-state index contributed by atoms with van der Waals surface area (Å²) in [5.74, 6) is -0.449. The normalized spacial score (nSPS) is 10.3. The molecule has 0 unspecified atom stereocenters. The van der Waals surface area contributed by atoms with Crippen molar-refractivity contribution in [2.75, 3.05) is 11.9 Å². The Morgan fingerprint density at radius 3 is 2.37 bits per heavy atom. The number of nitrogens with zero attached hydrogens (tertiary/aromatic N) is 1. The number of carbonyl (C=O) groups excluding carboxylic acids is 1. The molecule has 0 N–H and O–H groups in total. The Kier molecular flexibility index (Phi) is 4.00. The first kappa shape index (κ1) is 13.7. The van der Waals surface area contributed by atoms with Gasteiger partial charge in [-0.2, -0.15) is 0 Å². The van der Waals surface area contributed by atoms with E-state index in [0.29, 0.717) is 11.3 Å². The predicted molar refractivity (Wildman–Crippen MR) is 78.0 cm³/mol. The molecular formula is C15H13BrFNO. The molecule has 2 rings (SSSR count). The van der Waals surface area contributed by atoms with Gasteiger partial charge in [0.15, 0.2) is 0 Å². The molecule has 1 amide bonds. The van der Waals surface area contributed by atoms with Crippen LogP contribution in [0.1, 0.15) is 15.9 Å². The molecule has 4 heteroatoms. The van der Waals surface area contributed by atoms with Crippen LogP contribution in [0.5, 0.6) is 0 Å². The van der Waals surface area contributed by atoms with Crippen molar-refractivity contribution in [3.63, 3.8) is 0 Å². The minimum atomic E-state index is -0.317. The predicted octanol–water partition coefficient (Wildman–Crippen LogP) is 4.17. The fourth-order valence-electron chi connectivity index (χ4n) is 1.70. The summed E-state index contributed by atoms with van der Waals surface area (Å²) in [5.41, 5.74) is 2.31. The molecule has 0 saturated heterocycles. The van der Waals surface area contributed by atoms with Crippen LogP contribution < -0.4 is 4.90 Å². The second kappa shape index (κ2) is 5.53. The molecule has 0 saturated carbocycles. The van der Waals surface area contributed by atoms with E-state index in [1.807, 2.05) is 13.0 Å². The molecule has 0 radical (unpaired) electrons. The Morgan fingerprint density at radius 1 is 1.16 bits per heavy atom. The zero-order valence-corrected chi connectivity index (χ0v) is 12.2. The summed E-state index contributed by atoms with van der Waals surface area (Å²) in [7, 11) is 1.67. The quantitative estimate of drug-likeness (QED) is 0.812. The van der Waals surface area contributed by atoms with E-state index >= 15 is 0 Å². The lowest BCUT2D eigenvalue weighted by Crippen LogP contribution is -2.26. The standard InChI is InChI=1S/C15H13BrFNO/c1-10-3-4-11(9-14(10)16)15(19)18(2)13-7-5-12(17)6-8-13/h3-9H,1-2H3. The number of hydrogen-bond acceptors (Lipinski definition) is 1. The second-order valence-corrected chi connectivity index (χ2v) is 5.16. The maximum atomic E-state index is 12.9. The lowest BCUT2D eigenvalue weighted by molar-refractivity contribution is 0.0993. The number of benzene rings is 2. The molecule has 0 spiro atoms.